The molecule has 2 amide bonds. The van der Waals surface area contributed by atoms with E-state index in [9.17, 15) is 23.6 Å². The Morgan fingerprint density at radius 1 is 1.00 bits per heavy atom. The molecule has 41 heavy (non-hydrogen) atoms. The van der Waals surface area contributed by atoms with Gasteiger partial charge in [0.05, 0.1) is 33.8 Å². The highest BCUT2D eigenvalue weighted by Gasteiger charge is 2.66. The predicted octanol–water partition coefficient (Wildman–Crippen LogP) is 5.35. The van der Waals surface area contributed by atoms with Crippen LogP contribution in [0.15, 0.2) is 82.0 Å². The summed E-state index contributed by atoms with van der Waals surface area (Å²) in [4.78, 5) is 63.1. The molecule has 0 bridgehead atoms. The van der Waals surface area contributed by atoms with E-state index in [1.807, 2.05) is 0 Å². The number of benzene rings is 3. The molecule has 1 spiro atoms. The second-order valence-corrected chi connectivity index (χ2v) is 10.9. The lowest BCUT2D eigenvalue weighted by molar-refractivity contribution is -0.121. The van der Waals surface area contributed by atoms with Crippen LogP contribution in [0.2, 0.25) is 0 Å². The maximum atomic E-state index is 14.8. The number of amides is 2. The van der Waals surface area contributed by atoms with Crippen LogP contribution in [0.1, 0.15) is 49.5 Å². The van der Waals surface area contributed by atoms with Crippen LogP contribution >= 0.6 is 11.3 Å². The van der Waals surface area contributed by atoms with Gasteiger partial charge in [0, 0.05) is 18.1 Å². The van der Waals surface area contributed by atoms with Gasteiger partial charge in [-0.25, -0.2) is 9.37 Å². The van der Waals surface area contributed by atoms with E-state index < -0.39 is 28.6 Å². The summed E-state index contributed by atoms with van der Waals surface area (Å²) in [6.07, 6.45) is 0. The Kier molecular flexibility index (Phi) is 5.36. The quantitative estimate of drug-likeness (QED) is 0.272. The molecule has 0 radical (unpaired) electrons. The number of hydrogen-bond acceptors (Lipinski definition) is 7. The molecule has 0 saturated heterocycles. The van der Waals surface area contributed by atoms with Crippen molar-refractivity contribution in [1.29, 1.82) is 0 Å². The van der Waals surface area contributed by atoms with Gasteiger partial charge in [0.15, 0.2) is 21.9 Å². The van der Waals surface area contributed by atoms with Crippen LogP contribution in [0.25, 0.3) is 11.0 Å². The standard InChI is InChI=1S/C31H20FN3O5S/c1-16-27(17(2)36)41-30(33-16)35-28(38)26-24(25(37)19-10-4-8-14-23(19)40-26)31(35)20-11-5-7-13-22(20)34(29(31)39)15-18-9-3-6-12-21(18)32/h3-14H,15H2,1-2H3. The van der Waals surface area contributed by atoms with Crippen molar-refractivity contribution < 1.29 is 23.2 Å². The smallest absolute Gasteiger partial charge is 0.297 e. The molecule has 0 aliphatic carbocycles. The van der Waals surface area contributed by atoms with E-state index in [2.05, 4.69) is 4.98 Å². The molecule has 2 aliphatic heterocycles. The Morgan fingerprint density at radius 2 is 1.71 bits per heavy atom. The minimum absolute atomic E-state index is 0.0726. The fourth-order valence-electron chi connectivity index (χ4n) is 5.87. The molecule has 0 fully saturated rings. The third-order valence-corrected chi connectivity index (χ3v) is 8.86. The number of aryl methyl sites for hydroxylation is 1. The van der Waals surface area contributed by atoms with E-state index in [1.54, 1.807) is 73.7 Å². The van der Waals surface area contributed by atoms with E-state index in [4.69, 9.17) is 4.42 Å². The Hall–Kier alpha value is -4.96. The Balaban J connectivity index is 1.57. The molecule has 1 unspecified atom stereocenters. The number of carbonyl (C=O) groups is 3. The van der Waals surface area contributed by atoms with Crippen molar-refractivity contribution >= 4 is 50.7 Å². The lowest BCUT2D eigenvalue weighted by Gasteiger charge is -2.32. The summed E-state index contributed by atoms with van der Waals surface area (Å²) in [6, 6.07) is 19.4. The van der Waals surface area contributed by atoms with Crippen LogP contribution in [0.4, 0.5) is 15.2 Å². The van der Waals surface area contributed by atoms with Crippen LogP contribution < -0.4 is 15.2 Å². The van der Waals surface area contributed by atoms with Crippen molar-refractivity contribution in [3.63, 3.8) is 0 Å². The van der Waals surface area contributed by atoms with Crippen LogP contribution in [-0.2, 0) is 16.9 Å². The number of Topliss-reactive ketones (excluding diaryl/α,β-unsaturated/α-hetero) is 1. The normalized spacial score (nSPS) is 17.5. The third kappa shape index (κ3) is 3.28. The third-order valence-electron chi connectivity index (χ3n) is 7.61. The zero-order valence-electron chi connectivity index (χ0n) is 21.8. The maximum Gasteiger partial charge on any atom is 0.297 e. The van der Waals surface area contributed by atoms with Gasteiger partial charge < -0.3 is 9.32 Å². The van der Waals surface area contributed by atoms with E-state index >= 15 is 0 Å². The summed E-state index contributed by atoms with van der Waals surface area (Å²) in [5, 5.41) is 0.279. The zero-order valence-corrected chi connectivity index (χ0v) is 22.6. The highest BCUT2D eigenvalue weighted by atomic mass is 32.1. The number of nitrogens with zero attached hydrogens (tertiary/aromatic N) is 3. The molecular formula is C31H20FN3O5S. The lowest BCUT2D eigenvalue weighted by Crippen LogP contribution is -2.53. The van der Waals surface area contributed by atoms with E-state index in [0.717, 1.165) is 11.3 Å². The Bertz CT molecular complexity index is 2030. The number of halogens is 1. The first kappa shape index (κ1) is 25.0. The Morgan fingerprint density at radius 3 is 2.46 bits per heavy atom. The van der Waals surface area contributed by atoms with Crippen molar-refractivity contribution in [2.75, 3.05) is 9.80 Å². The van der Waals surface area contributed by atoms with Gasteiger partial charge in [-0.05, 0) is 31.2 Å². The van der Waals surface area contributed by atoms with Gasteiger partial charge in [-0.15, -0.1) is 0 Å². The van der Waals surface area contributed by atoms with E-state index in [1.165, 1.54) is 22.8 Å². The molecule has 5 aromatic rings. The number of fused-ring (bicyclic) bond motifs is 5. The number of ketones is 1. The van der Waals surface area contributed by atoms with Gasteiger partial charge in [-0.3, -0.25) is 24.1 Å². The number of aromatic nitrogens is 1. The van der Waals surface area contributed by atoms with Crippen molar-refractivity contribution in [1.82, 2.24) is 4.98 Å². The van der Waals surface area contributed by atoms with Gasteiger partial charge >= 0.3 is 0 Å². The SMILES string of the molecule is CC(=O)c1sc(N2C(=O)c3oc4ccccc4c(=O)c3C23C(=O)N(Cc2ccccc2F)c2ccccc23)nc1C. The van der Waals surface area contributed by atoms with Crippen LogP contribution in [0.3, 0.4) is 0 Å². The number of para-hydroxylation sites is 2. The number of thiazole rings is 1. The largest absolute Gasteiger partial charge is 0.450 e. The van der Waals surface area contributed by atoms with Gasteiger partial charge in [-0.1, -0.05) is 59.9 Å². The minimum atomic E-state index is -1.99. The topological polar surface area (TPSA) is 101 Å². The van der Waals surface area contributed by atoms with Crippen molar-refractivity contribution in [2.45, 2.75) is 25.9 Å². The van der Waals surface area contributed by atoms with Crippen LogP contribution in [0.5, 0.6) is 0 Å². The lowest BCUT2D eigenvalue weighted by atomic mass is 9.84. The second-order valence-electron chi connectivity index (χ2n) is 9.95. The molecule has 1 atom stereocenters. The first-order valence-corrected chi connectivity index (χ1v) is 13.6. The first-order valence-electron chi connectivity index (χ1n) is 12.8. The molecular weight excluding hydrogens is 545 g/mol. The second kappa shape index (κ2) is 8.77. The molecule has 10 heteroatoms. The summed E-state index contributed by atoms with van der Waals surface area (Å²) >= 11 is 0.965. The molecule has 202 valence electrons. The fourth-order valence-corrected chi connectivity index (χ4v) is 6.88. The summed E-state index contributed by atoms with van der Waals surface area (Å²) in [6.45, 7) is 2.89. The molecule has 8 nitrogen and oxygen atoms in total. The summed E-state index contributed by atoms with van der Waals surface area (Å²) < 4.78 is 20.9. The highest BCUT2D eigenvalue weighted by Crippen LogP contribution is 2.55. The van der Waals surface area contributed by atoms with E-state index in [-0.39, 0.29) is 45.3 Å². The fraction of sp³-hybridized carbons (Fsp3) is 0.129. The average molecular weight is 566 g/mol. The Labute approximate surface area is 236 Å². The minimum Gasteiger partial charge on any atom is -0.450 e. The van der Waals surface area contributed by atoms with Gasteiger partial charge in [0.25, 0.3) is 11.8 Å². The zero-order chi connectivity index (χ0) is 28.6. The van der Waals surface area contributed by atoms with Gasteiger partial charge in [-0.2, -0.15) is 0 Å². The van der Waals surface area contributed by atoms with E-state index in [0.29, 0.717) is 21.8 Å². The van der Waals surface area contributed by atoms with Crippen molar-refractivity contribution in [3.8, 4) is 0 Å². The summed E-state index contributed by atoms with van der Waals surface area (Å²) in [5.41, 5.74) is -1.03. The molecule has 3 aromatic carbocycles. The van der Waals surface area contributed by atoms with Crippen LogP contribution in [0, 0.1) is 12.7 Å². The summed E-state index contributed by atoms with van der Waals surface area (Å²) in [5.74, 6) is -2.38. The summed E-state index contributed by atoms with van der Waals surface area (Å²) in [7, 11) is 0. The number of rotatable bonds is 4. The number of anilines is 2. The van der Waals surface area contributed by atoms with Gasteiger partial charge in [0.2, 0.25) is 5.76 Å². The molecule has 7 rings (SSSR count). The van der Waals surface area contributed by atoms with Crippen LogP contribution in [-0.4, -0.2) is 22.6 Å². The number of hydrogen-bond donors (Lipinski definition) is 0. The molecule has 0 N–H and O–H groups in total. The molecule has 2 aliphatic rings. The maximum absolute atomic E-state index is 14.8. The first-order chi connectivity index (χ1) is 19.7. The monoisotopic (exact) mass is 565 g/mol. The molecule has 4 heterocycles. The van der Waals surface area contributed by atoms with Gasteiger partial charge in [0.1, 0.15) is 11.4 Å². The molecule has 2 aromatic heterocycles. The highest BCUT2D eigenvalue weighted by molar-refractivity contribution is 7.17. The molecule has 0 saturated carbocycles. The average Bonchev–Trinajstić information content (AvgIpc) is 3.55. The number of carbonyl (C=O) groups excluding carboxylic acids is 3. The van der Waals surface area contributed by atoms with Crippen molar-refractivity contribution in [2.24, 2.45) is 0 Å². The van der Waals surface area contributed by atoms with Crippen molar-refractivity contribution in [3.05, 3.63) is 122 Å². The predicted molar refractivity (Wildman–Crippen MR) is 151 cm³/mol.